The number of rotatable bonds is 7. The van der Waals surface area contributed by atoms with Crippen molar-refractivity contribution in [3.8, 4) is 0 Å². The predicted molar refractivity (Wildman–Crippen MR) is 80.0 cm³/mol. The van der Waals surface area contributed by atoms with Gasteiger partial charge in [-0.1, -0.05) is 38.1 Å². The fourth-order valence-corrected chi connectivity index (χ4v) is 2.06. The minimum Gasteiger partial charge on any atom is -0.330 e. The Balaban J connectivity index is 2.43. The number of hydrogen-bond acceptors (Lipinski definition) is 2. The van der Waals surface area contributed by atoms with Gasteiger partial charge in [0.2, 0.25) is 0 Å². The summed E-state index contributed by atoms with van der Waals surface area (Å²) < 4.78 is 0. The van der Waals surface area contributed by atoms with Crippen LogP contribution >= 0.6 is 0 Å². The highest BCUT2D eigenvalue weighted by molar-refractivity contribution is 5.24. The Labute approximate surface area is 112 Å². The van der Waals surface area contributed by atoms with Crippen LogP contribution in [0.4, 0.5) is 0 Å². The highest BCUT2D eigenvalue weighted by Crippen LogP contribution is 2.15. The molecule has 0 amide bonds. The quantitative estimate of drug-likeness (QED) is 0.803. The molecule has 1 aromatic rings. The van der Waals surface area contributed by atoms with Crippen LogP contribution < -0.4 is 5.73 Å². The van der Waals surface area contributed by atoms with Crippen molar-refractivity contribution in [1.82, 2.24) is 4.90 Å². The van der Waals surface area contributed by atoms with Gasteiger partial charge in [0.05, 0.1) is 0 Å². The molecule has 0 saturated carbocycles. The van der Waals surface area contributed by atoms with Crippen molar-refractivity contribution in [2.75, 3.05) is 20.1 Å². The maximum absolute atomic E-state index is 5.59. The third kappa shape index (κ3) is 4.79. The van der Waals surface area contributed by atoms with Crippen molar-refractivity contribution in [1.29, 1.82) is 0 Å². The second-order valence-electron chi connectivity index (χ2n) is 5.55. The number of nitrogens with zero attached hydrogens (tertiary/aromatic N) is 1. The fourth-order valence-electron chi connectivity index (χ4n) is 2.06. The Morgan fingerprint density at radius 3 is 2.22 bits per heavy atom. The first-order valence-electron chi connectivity index (χ1n) is 7.03. The molecule has 0 saturated heterocycles. The zero-order chi connectivity index (χ0) is 13.5. The molecule has 0 aliphatic rings. The molecule has 0 fully saturated rings. The molecule has 1 unspecified atom stereocenters. The van der Waals surface area contributed by atoms with Gasteiger partial charge in [-0.3, -0.25) is 0 Å². The van der Waals surface area contributed by atoms with Gasteiger partial charge in [-0.15, -0.1) is 0 Å². The van der Waals surface area contributed by atoms with E-state index >= 15 is 0 Å². The molecule has 2 heteroatoms. The van der Waals surface area contributed by atoms with Crippen LogP contribution in [0.25, 0.3) is 0 Å². The second-order valence-corrected chi connectivity index (χ2v) is 5.55. The molecule has 2 nitrogen and oxygen atoms in total. The molecule has 18 heavy (non-hydrogen) atoms. The molecule has 0 spiro atoms. The largest absolute Gasteiger partial charge is 0.330 e. The van der Waals surface area contributed by atoms with E-state index < -0.39 is 0 Å². The molecule has 0 bridgehead atoms. The highest BCUT2D eigenvalue weighted by atomic mass is 15.1. The second kappa shape index (κ2) is 7.55. The molecule has 0 heterocycles. The summed E-state index contributed by atoms with van der Waals surface area (Å²) in [6.45, 7) is 8.58. The molecule has 0 radical (unpaired) electrons. The van der Waals surface area contributed by atoms with Gasteiger partial charge in [-0.2, -0.15) is 0 Å². The molecular weight excluding hydrogens is 220 g/mol. The van der Waals surface area contributed by atoms with E-state index in [4.69, 9.17) is 5.73 Å². The van der Waals surface area contributed by atoms with E-state index in [9.17, 15) is 0 Å². The molecular formula is C16H28N2. The summed E-state index contributed by atoms with van der Waals surface area (Å²) in [5, 5.41) is 0. The number of benzene rings is 1. The van der Waals surface area contributed by atoms with Crippen molar-refractivity contribution in [3.05, 3.63) is 35.4 Å². The summed E-state index contributed by atoms with van der Waals surface area (Å²) in [6, 6.07) is 9.60. The Kier molecular flexibility index (Phi) is 6.37. The van der Waals surface area contributed by atoms with Crippen LogP contribution in [0.2, 0.25) is 0 Å². The van der Waals surface area contributed by atoms with Crippen LogP contribution in [0.15, 0.2) is 24.3 Å². The van der Waals surface area contributed by atoms with Gasteiger partial charge in [-0.05, 0) is 50.4 Å². The summed E-state index contributed by atoms with van der Waals surface area (Å²) in [6.07, 6.45) is 2.19. The van der Waals surface area contributed by atoms with Crippen molar-refractivity contribution in [2.45, 2.75) is 45.6 Å². The third-order valence-electron chi connectivity index (χ3n) is 3.74. The minimum atomic E-state index is 0.574. The zero-order valence-electron chi connectivity index (χ0n) is 12.3. The van der Waals surface area contributed by atoms with Crippen LogP contribution in [0.3, 0.4) is 0 Å². The van der Waals surface area contributed by atoms with Gasteiger partial charge in [0.25, 0.3) is 0 Å². The van der Waals surface area contributed by atoms with Crippen LogP contribution in [0, 0.1) is 0 Å². The summed E-state index contributed by atoms with van der Waals surface area (Å²) in [4.78, 5) is 2.39. The van der Waals surface area contributed by atoms with E-state index in [-0.39, 0.29) is 0 Å². The minimum absolute atomic E-state index is 0.574. The van der Waals surface area contributed by atoms with E-state index in [2.05, 4.69) is 57.0 Å². The average molecular weight is 248 g/mol. The van der Waals surface area contributed by atoms with Crippen LogP contribution in [0.1, 0.15) is 44.2 Å². The van der Waals surface area contributed by atoms with E-state index in [0.29, 0.717) is 12.0 Å². The van der Waals surface area contributed by atoms with E-state index in [1.54, 1.807) is 0 Å². The SMILES string of the molecule is CC(C)c1ccc(CCN(C)C(C)CCN)cc1. The Morgan fingerprint density at radius 2 is 1.72 bits per heavy atom. The fraction of sp³-hybridized carbons (Fsp3) is 0.625. The number of hydrogen-bond donors (Lipinski definition) is 1. The van der Waals surface area contributed by atoms with Gasteiger partial charge in [0.1, 0.15) is 0 Å². The lowest BCUT2D eigenvalue weighted by Gasteiger charge is -2.24. The summed E-state index contributed by atoms with van der Waals surface area (Å²) >= 11 is 0. The Bertz CT molecular complexity index is 329. The summed E-state index contributed by atoms with van der Waals surface area (Å²) in [5.74, 6) is 0.617. The molecule has 2 N–H and O–H groups in total. The first-order valence-corrected chi connectivity index (χ1v) is 7.03. The third-order valence-corrected chi connectivity index (χ3v) is 3.74. The first-order chi connectivity index (χ1) is 8.54. The molecule has 1 aromatic carbocycles. The maximum atomic E-state index is 5.59. The molecule has 1 rings (SSSR count). The number of likely N-dealkylation sites (N-methyl/N-ethyl adjacent to an activating group) is 1. The molecule has 102 valence electrons. The van der Waals surface area contributed by atoms with Crippen LogP contribution in [-0.4, -0.2) is 31.1 Å². The first kappa shape index (κ1) is 15.2. The predicted octanol–water partition coefficient (Wildman–Crippen LogP) is 3.02. The maximum Gasteiger partial charge on any atom is 0.00760 e. The van der Waals surface area contributed by atoms with Gasteiger partial charge < -0.3 is 10.6 Å². The van der Waals surface area contributed by atoms with Gasteiger partial charge in [0.15, 0.2) is 0 Å². The van der Waals surface area contributed by atoms with Crippen molar-refractivity contribution in [3.63, 3.8) is 0 Å². The van der Waals surface area contributed by atoms with Crippen molar-refractivity contribution in [2.24, 2.45) is 5.73 Å². The van der Waals surface area contributed by atoms with Crippen LogP contribution in [-0.2, 0) is 6.42 Å². The summed E-state index contributed by atoms with van der Waals surface area (Å²) in [7, 11) is 2.18. The monoisotopic (exact) mass is 248 g/mol. The van der Waals surface area contributed by atoms with E-state index in [1.807, 2.05) is 0 Å². The zero-order valence-corrected chi connectivity index (χ0v) is 12.3. The van der Waals surface area contributed by atoms with E-state index in [1.165, 1.54) is 11.1 Å². The lowest BCUT2D eigenvalue weighted by Crippen LogP contribution is -2.32. The summed E-state index contributed by atoms with van der Waals surface area (Å²) in [5.41, 5.74) is 8.44. The standard InChI is InChI=1S/C16H28N2/c1-13(2)16-7-5-15(6-8-16)10-12-18(4)14(3)9-11-17/h5-8,13-14H,9-12,17H2,1-4H3. The normalized spacial score (nSPS) is 13.3. The van der Waals surface area contributed by atoms with Crippen molar-refractivity contribution >= 4 is 0 Å². The van der Waals surface area contributed by atoms with Gasteiger partial charge in [0, 0.05) is 12.6 Å². The lowest BCUT2D eigenvalue weighted by molar-refractivity contribution is 0.251. The Hall–Kier alpha value is -0.860. The van der Waals surface area contributed by atoms with Gasteiger partial charge >= 0.3 is 0 Å². The Morgan fingerprint density at radius 1 is 1.11 bits per heavy atom. The lowest BCUT2D eigenvalue weighted by atomic mass is 10.0. The van der Waals surface area contributed by atoms with E-state index in [0.717, 1.165) is 25.9 Å². The molecule has 0 aromatic heterocycles. The molecule has 0 aliphatic carbocycles. The topological polar surface area (TPSA) is 29.3 Å². The molecule has 1 atom stereocenters. The highest BCUT2D eigenvalue weighted by Gasteiger charge is 2.07. The smallest absolute Gasteiger partial charge is 0.00760 e. The number of nitrogens with two attached hydrogens (primary N) is 1. The molecule has 0 aliphatic heterocycles. The average Bonchev–Trinajstić information content (AvgIpc) is 2.36. The van der Waals surface area contributed by atoms with Crippen LogP contribution in [0.5, 0.6) is 0 Å². The van der Waals surface area contributed by atoms with Gasteiger partial charge in [-0.25, -0.2) is 0 Å². The van der Waals surface area contributed by atoms with Crippen molar-refractivity contribution < 1.29 is 0 Å².